The lowest BCUT2D eigenvalue weighted by molar-refractivity contribution is 0.875. The molecule has 0 unspecified atom stereocenters. The molecule has 0 N–H and O–H groups in total. The summed E-state index contributed by atoms with van der Waals surface area (Å²) < 4.78 is 0. The van der Waals surface area contributed by atoms with Crippen LogP contribution in [-0.4, -0.2) is 0 Å². The molecule has 0 aromatic heterocycles. The van der Waals surface area contributed by atoms with Gasteiger partial charge in [-0.2, -0.15) is 0 Å². The first-order chi connectivity index (χ1) is 29.5. The van der Waals surface area contributed by atoms with E-state index in [1.54, 1.807) is 0 Å². The van der Waals surface area contributed by atoms with Crippen LogP contribution in [-0.2, 0) is 0 Å². The summed E-state index contributed by atoms with van der Waals surface area (Å²) in [6, 6.07) is 75.6. The lowest BCUT2D eigenvalue weighted by Gasteiger charge is -2.32. The minimum atomic E-state index is 0.290. The molecule has 60 heavy (non-hydrogen) atoms. The molecule has 0 amide bonds. The minimum Gasteiger partial charge on any atom is -0.309 e. The SMILES string of the molecule is CC(C)c1cc(N(c2ccccc2)c2ccccc2-c2ccccc2)c2ccc3c(C(C)C)cc(N(c4ccccc4)c4ccccc4-c4ccccc4)c4ccc1c2c34. The van der Waals surface area contributed by atoms with Crippen molar-refractivity contribution in [3.05, 3.63) is 217 Å². The van der Waals surface area contributed by atoms with Gasteiger partial charge in [0.2, 0.25) is 0 Å². The topological polar surface area (TPSA) is 6.48 Å². The maximum absolute atomic E-state index is 2.50. The highest BCUT2D eigenvalue weighted by atomic mass is 15.2. The molecule has 10 rings (SSSR count). The molecule has 10 aromatic carbocycles. The van der Waals surface area contributed by atoms with E-state index in [2.05, 4.69) is 244 Å². The molecule has 0 aliphatic carbocycles. The predicted octanol–water partition coefficient (Wildman–Crippen LogP) is 17.1. The fourth-order valence-electron chi connectivity index (χ4n) is 9.37. The van der Waals surface area contributed by atoms with Crippen LogP contribution in [0.2, 0.25) is 0 Å². The van der Waals surface area contributed by atoms with E-state index in [1.165, 1.54) is 77.1 Å². The molecule has 0 saturated carbocycles. The molecule has 2 heteroatoms. The zero-order chi connectivity index (χ0) is 40.7. The van der Waals surface area contributed by atoms with Crippen molar-refractivity contribution in [1.82, 2.24) is 0 Å². The predicted molar refractivity (Wildman–Crippen MR) is 259 cm³/mol. The average molecular weight is 773 g/mol. The monoisotopic (exact) mass is 772 g/mol. The van der Waals surface area contributed by atoms with Crippen LogP contribution in [0.4, 0.5) is 34.1 Å². The van der Waals surface area contributed by atoms with Gasteiger partial charge in [0.1, 0.15) is 0 Å². The second kappa shape index (κ2) is 15.5. The Morgan fingerprint density at radius 3 is 0.983 bits per heavy atom. The highest BCUT2D eigenvalue weighted by Gasteiger charge is 2.27. The quantitative estimate of drug-likeness (QED) is 0.128. The van der Waals surface area contributed by atoms with E-state index in [-0.39, 0.29) is 11.8 Å². The Balaban J connectivity index is 1.33. The first kappa shape index (κ1) is 37.1. The van der Waals surface area contributed by atoms with Gasteiger partial charge in [0.05, 0.1) is 22.7 Å². The fraction of sp³-hybridized carbons (Fsp3) is 0.103. The van der Waals surface area contributed by atoms with Crippen LogP contribution in [0.3, 0.4) is 0 Å². The van der Waals surface area contributed by atoms with Crippen LogP contribution >= 0.6 is 0 Å². The zero-order valence-electron chi connectivity index (χ0n) is 34.7. The van der Waals surface area contributed by atoms with Crippen molar-refractivity contribution in [3.63, 3.8) is 0 Å². The minimum absolute atomic E-state index is 0.290. The number of nitrogens with zero attached hydrogens (tertiary/aromatic N) is 2. The maximum Gasteiger partial charge on any atom is 0.0543 e. The number of rotatable bonds is 10. The van der Waals surface area contributed by atoms with Gasteiger partial charge in [-0.3, -0.25) is 0 Å². The summed E-state index contributed by atoms with van der Waals surface area (Å²) in [7, 11) is 0. The van der Waals surface area contributed by atoms with Gasteiger partial charge in [0.15, 0.2) is 0 Å². The van der Waals surface area contributed by atoms with Gasteiger partial charge in [0, 0.05) is 33.3 Å². The van der Waals surface area contributed by atoms with E-state index in [0.29, 0.717) is 0 Å². The van der Waals surface area contributed by atoms with Gasteiger partial charge >= 0.3 is 0 Å². The highest BCUT2D eigenvalue weighted by molar-refractivity contribution is 6.29. The Morgan fingerprint density at radius 2 is 0.617 bits per heavy atom. The molecule has 2 nitrogen and oxygen atoms in total. The van der Waals surface area contributed by atoms with E-state index in [1.807, 2.05) is 0 Å². The molecule has 0 spiro atoms. The van der Waals surface area contributed by atoms with E-state index in [4.69, 9.17) is 0 Å². The van der Waals surface area contributed by atoms with Gasteiger partial charge in [-0.1, -0.05) is 185 Å². The van der Waals surface area contributed by atoms with E-state index < -0.39 is 0 Å². The van der Waals surface area contributed by atoms with Crippen molar-refractivity contribution in [2.75, 3.05) is 9.80 Å². The average Bonchev–Trinajstić information content (AvgIpc) is 3.30. The van der Waals surface area contributed by atoms with E-state index >= 15 is 0 Å². The first-order valence-corrected chi connectivity index (χ1v) is 21.3. The Labute approximate surface area is 354 Å². The Kier molecular flexibility index (Phi) is 9.62. The maximum atomic E-state index is 2.50. The number of hydrogen-bond acceptors (Lipinski definition) is 2. The second-order valence-electron chi connectivity index (χ2n) is 16.5. The normalized spacial score (nSPS) is 11.6. The molecule has 290 valence electrons. The molecule has 0 aliphatic rings. The second-order valence-corrected chi connectivity index (χ2v) is 16.5. The molecule has 0 atom stereocenters. The number of benzene rings is 10. The number of hydrogen-bond donors (Lipinski definition) is 0. The third-order valence-corrected chi connectivity index (χ3v) is 12.1. The summed E-state index contributed by atoms with van der Waals surface area (Å²) in [6.07, 6.45) is 0. The molecular weight excluding hydrogens is 725 g/mol. The molecular formula is C58H48N2. The molecule has 0 saturated heterocycles. The third-order valence-electron chi connectivity index (χ3n) is 12.1. The van der Waals surface area contributed by atoms with Crippen molar-refractivity contribution >= 4 is 66.4 Å². The van der Waals surface area contributed by atoms with Crippen LogP contribution in [0.25, 0.3) is 54.6 Å². The Hall–Kier alpha value is -7.16. The third kappa shape index (κ3) is 6.37. The van der Waals surface area contributed by atoms with Crippen LogP contribution in [0.1, 0.15) is 50.7 Å². The van der Waals surface area contributed by atoms with Gasteiger partial charge in [0.25, 0.3) is 0 Å². The molecule has 0 heterocycles. The first-order valence-electron chi connectivity index (χ1n) is 21.3. The summed E-state index contributed by atoms with van der Waals surface area (Å²) >= 11 is 0. The lowest BCUT2D eigenvalue weighted by Crippen LogP contribution is -2.14. The summed E-state index contributed by atoms with van der Waals surface area (Å²) in [5.41, 5.74) is 14.4. The summed E-state index contributed by atoms with van der Waals surface area (Å²) in [6.45, 7) is 9.35. The Morgan fingerprint density at radius 1 is 0.300 bits per heavy atom. The number of anilines is 6. The zero-order valence-corrected chi connectivity index (χ0v) is 34.7. The van der Waals surface area contributed by atoms with Crippen LogP contribution in [0.5, 0.6) is 0 Å². The Bertz CT molecular complexity index is 2870. The molecule has 10 aromatic rings. The van der Waals surface area contributed by atoms with Gasteiger partial charge in [-0.05, 0) is 104 Å². The standard InChI is InChI=1S/C58H48N2/c1-39(2)51-37-55(59(43-25-13-7-14-26-43)53-31-19-17-29-45(53)41-21-9-5-10-22-41)49-36-34-48-52(40(3)4)38-56(50-35-33-47(51)57(49)58(48)50)60(44-27-15-8-16-28-44)54-32-20-18-30-46(54)42-23-11-6-12-24-42/h5-40H,1-4H3. The van der Waals surface area contributed by atoms with Crippen molar-refractivity contribution in [2.24, 2.45) is 0 Å². The van der Waals surface area contributed by atoms with Crippen LogP contribution in [0.15, 0.2) is 206 Å². The molecule has 0 bridgehead atoms. The van der Waals surface area contributed by atoms with Gasteiger partial charge in [-0.25, -0.2) is 0 Å². The largest absolute Gasteiger partial charge is 0.309 e. The lowest BCUT2D eigenvalue weighted by atomic mass is 9.84. The van der Waals surface area contributed by atoms with E-state index in [9.17, 15) is 0 Å². The fourth-order valence-corrected chi connectivity index (χ4v) is 9.37. The smallest absolute Gasteiger partial charge is 0.0543 e. The molecule has 0 aliphatic heterocycles. The van der Waals surface area contributed by atoms with Gasteiger partial charge in [-0.15, -0.1) is 0 Å². The number of para-hydroxylation sites is 4. The summed E-state index contributed by atoms with van der Waals surface area (Å²) in [4.78, 5) is 4.99. The highest BCUT2D eigenvalue weighted by Crippen LogP contribution is 2.52. The van der Waals surface area contributed by atoms with Crippen LogP contribution < -0.4 is 9.80 Å². The van der Waals surface area contributed by atoms with E-state index in [0.717, 1.165) is 22.7 Å². The summed E-state index contributed by atoms with van der Waals surface area (Å²) in [5.74, 6) is 0.579. The van der Waals surface area contributed by atoms with Crippen molar-refractivity contribution in [2.45, 2.75) is 39.5 Å². The molecule has 0 radical (unpaired) electrons. The van der Waals surface area contributed by atoms with Crippen molar-refractivity contribution in [3.8, 4) is 22.3 Å². The van der Waals surface area contributed by atoms with Crippen molar-refractivity contribution in [1.29, 1.82) is 0 Å². The summed E-state index contributed by atoms with van der Waals surface area (Å²) in [5, 5.41) is 7.74. The van der Waals surface area contributed by atoms with Crippen molar-refractivity contribution < 1.29 is 0 Å². The van der Waals surface area contributed by atoms with Crippen LogP contribution in [0, 0.1) is 0 Å². The molecule has 0 fully saturated rings. The van der Waals surface area contributed by atoms with Gasteiger partial charge < -0.3 is 9.80 Å².